The molecule has 3 aromatic carbocycles. The summed E-state index contributed by atoms with van der Waals surface area (Å²) in [6.07, 6.45) is 1.41. The van der Waals surface area contributed by atoms with Crippen LogP contribution in [0.4, 0.5) is 4.39 Å². The van der Waals surface area contributed by atoms with E-state index >= 15 is 0 Å². The first-order valence-electron chi connectivity index (χ1n) is 8.15. The molecular weight excluding hydrogens is 345 g/mol. The lowest BCUT2D eigenvalue weighted by molar-refractivity contribution is 0.473. The number of fused-ring (bicyclic) bond motifs is 1. The van der Waals surface area contributed by atoms with Crippen molar-refractivity contribution in [2.75, 3.05) is 0 Å². The van der Waals surface area contributed by atoms with Crippen LogP contribution < -0.4 is 10.2 Å². The molecule has 4 nitrogen and oxygen atoms in total. The summed E-state index contributed by atoms with van der Waals surface area (Å²) < 4.78 is 24.9. The number of halogens is 1. The van der Waals surface area contributed by atoms with Crippen molar-refractivity contribution in [3.05, 3.63) is 94.6 Å². The molecule has 0 saturated carbocycles. The Morgan fingerprint density at radius 3 is 2.59 bits per heavy atom. The summed E-state index contributed by atoms with van der Waals surface area (Å²) in [5, 5.41) is 9.50. The van der Waals surface area contributed by atoms with Crippen molar-refractivity contribution >= 4 is 11.0 Å². The zero-order valence-electron chi connectivity index (χ0n) is 14.0. The first-order valence-corrected chi connectivity index (χ1v) is 8.15. The highest BCUT2D eigenvalue weighted by Gasteiger charge is 2.13. The van der Waals surface area contributed by atoms with Crippen LogP contribution in [0.15, 0.2) is 82.2 Å². The number of hydrogen-bond donors (Lipinski definition) is 0. The fourth-order valence-electron chi connectivity index (χ4n) is 2.81. The maximum atomic E-state index is 13.7. The third kappa shape index (κ3) is 3.05. The molecule has 0 atom stereocenters. The summed E-state index contributed by atoms with van der Waals surface area (Å²) in [4.78, 5) is 12.8. The summed E-state index contributed by atoms with van der Waals surface area (Å²) in [6, 6.07) is 19.9. The average molecular weight is 357 g/mol. The summed E-state index contributed by atoms with van der Waals surface area (Å²) in [5.41, 5.74) is 1.24. The van der Waals surface area contributed by atoms with Crippen molar-refractivity contribution in [1.29, 1.82) is 5.26 Å². The smallest absolute Gasteiger partial charge is 0.200 e. The van der Waals surface area contributed by atoms with Gasteiger partial charge in [-0.25, -0.2) is 4.39 Å². The molecule has 0 spiro atoms. The molecule has 0 amide bonds. The minimum atomic E-state index is -0.658. The van der Waals surface area contributed by atoms with E-state index < -0.39 is 5.82 Å². The molecule has 130 valence electrons. The van der Waals surface area contributed by atoms with Crippen molar-refractivity contribution < 1.29 is 13.5 Å². The molecule has 27 heavy (non-hydrogen) atoms. The molecule has 0 bridgehead atoms. The van der Waals surface area contributed by atoms with Crippen molar-refractivity contribution in [3.8, 4) is 28.7 Å². The molecule has 5 heteroatoms. The Kier molecular flexibility index (Phi) is 4.15. The van der Waals surface area contributed by atoms with E-state index in [0.29, 0.717) is 22.3 Å². The molecule has 4 rings (SSSR count). The van der Waals surface area contributed by atoms with Gasteiger partial charge in [0.1, 0.15) is 40.8 Å². The average Bonchev–Trinajstić information content (AvgIpc) is 2.69. The van der Waals surface area contributed by atoms with E-state index in [1.807, 2.05) is 30.3 Å². The van der Waals surface area contributed by atoms with Gasteiger partial charge < -0.3 is 9.15 Å². The highest BCUT2D eigenvalue weighted by Crippen LogP contribution is 2.29. The van der Waals surface area contributed by atoms with Gasteiger partial charge in [0, 0.05) is 6.07 Å². The second-order valence-electron chi connectivity index (χ2n) is 5.83. The third-order valence-electron chi connectivity index (χ3n) is 4.15. The topological polar surface area (TPSA) is 63.2 Å². The Morgan fingerprint density at radius 1 is 1.00 bits per heavy atom. The second-order valence-corrected chi connectivity index (χ2v) is 5.83. The fourth-order valence-corrected chi connectivity index (χ4v) is 2.81. The Balaban J connectivity index is 1.76. The third-order valence-corrected chi connectivity index (χ3v) is 4.15. The lowest BCUT2D eigenvalue weighted by Gasteiger charge is -2.09. The second kappa shape index (κ2) is 6.77. The Labute approximate surface area is 153 Å². The van der Waals surface area contributed by atoms with E-state index in [4.69, 9.17) is 14.4 Å². The first kappa shape index (κ1) is 16.6. The Hall–Kier alpha value is -3.91. The molecule has 0 radical (unpaired) electrons. The van der Waals surface area contributed by atoms with Crippen molar-refractivity contribution in [2.24, 2.45) is 0 Å². The molecule has 4 aromatic rings. The minimum Gasteiger partial charge on any atom is -0.463 e. The van der Waals surface area contributed by atoms with Gasteiger partial charge in [-0.15, -0.1) is 0 Å². The van der Waals surface area contributed by atoms with E-state index in [2.05, 4.69) is 0 Å². The van der Waals surface area contributed by atoms with Crippen LogP contribution in [0, 0.1) is 17.1 Å². The number of rotatable bonds is 3. The maximum Gasteiger partial charge on any atom is 0.200 e. The molecule has 0 N–H and O–H groups in total. The predicted molar refractivity (Wildman–Crippen MR) is 99.1 cm³/mol. The molecule has 0 fully saturated rings. The Bertz CT molecular complexity index is 1240. The van der Waals surface area contributed by atoms with Gasteiger partial charge in [0.05, 0.1) is 10.9 Å². The van der Waals surface area contributed by atoms with Gasteiger partial charge in [0.2, 0.25) is 0 Å². The SMILES string of the molecule is N#Cc1c(F)cccc1Oc1ccc2c(=O)c(-c3ccccc3)coc2c1. The molecular formula is C22H12FNO3. The minimum absolute atomic E-state index is 0.0973. The lowest BCUT2D eigenvalue weighted by Crippen LogP contribution is -2.04. The molecule has 1 heterocycles. The van der Waals surface area contributed by atoms with E-state index in [-0.39, 0.29) is 16.7 Å². The van der Waals surface area contributed by atoms with Crippen LogP contribution in [0.1, 0.15) is 5.56 Å². The molecule has 0 aliphatic heterocycles. The fraction of sp³-hybridized carbons (Fsp3) is 0. The number of hydrogen-bond acceptors (Lipinski definition) is 4. The quantitative estimate of drug-likeness (QED) is 0.501. The van der Waals surface area contributed by atoms with Gasteiger partial charge in [0.25, 0.3) is 0 Å². The maximum absolute atomic E-state index is 13.7. The molecule has 0 saturated heterocycles. The van der Waals surface area contributed by atoms with Gasteiger partial charge in [-0.05, 0) is 29.8 Å². The van der Waals surface area contributed by atoms with Crippen LogP contribution in [-0.4, -0.2) is 0 Å². The number of nitrogens with zero attached hydrogens (tertiary/aromatic N) is 1. The van der Waals surface area contributed by atoms with Gasteiger partial charge in [-0.1, -0.05) is 36.4 Å². The molecule has 0 aliphatic rings. The van der Waals surface area contributed by atoms with E-state index in [0.717, 1.165) is 5.56 Å². The summed E-state index contributed by atoms with van der Waals surface area (Å²) in [6.45, 7) is 0. The number of nitriles is 1. The zero-order chi connectivity index (χ0) is 18.8. The van der Waals surface area contributed by atoms with E-state index in [9.17, 15) is 9.18 Å². The monoisotopic (exact) mass is 357 g/mol. The van der Waals surface area contributed by atoms with Crippen LogP contribution in [0.3, 0.4) is 0 Å². The zero-order valence-corrected chi connectivity index (χ0v) is 14.0. The van der Waals surface area contributed by atoms with Crippen LogP contribution in [0.25, 0.3) is 22.1 Å². The lowest BCUT2D eigenvalue weighted by atomic mass is 10.1. The van der Waals surface area contributed by atoms with Gasteiger partial charge in [-0.2, -0.15) is 5.26 Å². The van der Waals surface area contributed by atoms with Crippen molar-refractivity contribution in [2.45, 2.75) is 0 Å². The number of benzene rings is 3. The summed E-state index contributed by atoms with van der Waals surface area (Å²) in [5.74, 6) is -0.227. The van der Waals surface area contributed by atoms with E-state index in [1.54, 1.807) is 18.2 Å². The summed E-state index contributed by atoms with van der Waals surface area (Å²) >= 11 is 0. The van der Waals surface area contributed by atoms with Crippen LogP contribution in [0.5, 0.6) is 11.5 Å². The highest BCUT2D eigenvalue weighted by molar-refractivity contribution is 5.82. The van der Waals surface area contributed by atoms with Crippen LogP contribution >= 0.6 is 0 Å². The van der Waals surface area contributed by atoms with Crippen molar-refractivity contribution in [1.82, 2.24) is 0 Å². The van der Waals surface area contributed by atoms with Crippen LogP contribution in [-0.2, 0) is 0 Å². The van der Waals surface area contributed by atoms with E-state index in [1.165, 1.54) is 30.5 Å². The highest BCUT2D eigenvalue weighted by atomic mass is 19.1. The first-order chi connectivity index (χ1) is 13.2. The number of ether oxygens (including phenoxy) is 1. The Morgan fingerprint density at radius 2 is 1.81 bits per heavy atom. The van der Waals surface area contributed by atoms with Crippen LogP contribution in [0.2, 0.25) is 0 Å². The van der Waals surface area contributed by atoms with Gasteiger partial charge in [0.15, 0.2) is 5.43 Å². The van der Waals surface area contributed by atoms with Gasteiger partial charge >= 0.3 is 0 Å². The molecule has 0 aliphatic carbocycles. The molecule has 0 unspecified atom stereocenters. The predicted octanol–water partition coefficient (Wildman–Crippen LogP) is 5.26. The summed E-state index contributed by atoms with van der Waals surface area (Å²) in [7, 11) is 0. The van der Waals surface area contributed by atoms with Gasteiger partial charge in [-0.3, -0.25) is 4.79 Å². The largest absolute Gasteiger partial charge is 0.463 e. The van der Waals surface area contributed by atoms with Crippen molar-refractivity contribution in [3.63, 3.8) is 0 Å². The standard InChI is InChI=1S/C22H12FNO3/c23-19-7-4-8-20(17(19)12-24)27-15-9-10-16-21(11-15)26-13-18(22(16)25)14-5-2-1-3-6-14/h1-11,13H. The normalized spacial score (nSPS) is 10.5. The molecule has 1 aromatic heterocycles.